The van der Waals surface area contributed by atoms with Gasteiger partial charge >= 0.3 is 0 Å². The lowest BCUT2D eigenvalue weighted by Gasteiger charge is -2.11. The van der Waals surface area contributed by atoms with Crippen molar-refractivity contribution in [2.75, 3.05) is 0 Å². The second kappa shape index (κ2) is 5.47. The van der Waals surface area contributed by atoms with E-state index >= 15 is 0 Å². The molecule has 22 heavy (non-hydrogen) atoms. The molecule has 1 aliphatic heterocycles. The lowest BCUT2D eigenvalue weighted by molar-refractivity contribution is 0.0868. The first kappa shape index (κ1) is 13.4. The van der Waals surface area contributed by atoms with E-state index < -0.39 is 0 Å². The van der Waals surface area contributed by atoms with Crippen LogP contribution in [0, 0.1) is 0 Å². The highest BCUT2D eigenvalue weighted by atomic mass is 35.5. The summed E-state index contributed by atoms with van der Waals surface area (Å²) in [7, 11) is 0. The first-order valence-electron chi connectivity index (χ1n) is 7.27. The molecule has 1 aliphatic rings. The van der Waals surface area contributed by atoms with Crippen LogP contribution < -0.4 is 0 Å². The fourth-order valence-corrected chi connectivity index (χ4v) is 3.01. The fourth-order valence-electron chi connectivity index (χ4n) is 2.89. The maximum Gasteiger partial charge on any atom is 0.158 e. The number of halogens is 1. The highest BCUT2D eigenvalue weighted by Crippen LogP contribution is 2.34. The van der Waals surface area contributed by atoms with Crippen molar-refractivity contribution in [3.8, 4) is 0 Å². The lowest BCUT2D eigenvalue weighted by Crippen LogP contribution is -2.02. The van der Waals surface area contributed by atoms with Crippen LogP contribution in [0.4, 0.5) is 0 Å². The van der Waals surface area contributed by atoms with Crippen molar-refractivity contribution in [2.24, 2.45) is 5.16 Å². The van der Waals surface area contributed by atoms with E-state index in [1.54, 1.807) is 0 Å². The van der Waals surface area contributed by atoms with Crippen LogP contribution >= 0.6 is 11.6 Å². The molecule has 0 radical (unpaired) electrons. The van der Waals surface area contributed by atoms with Crippen molar-refractivity contribution >= 4 is 28.1 Å². The van der Waals surface area contributed by atoms with Gasteiger partial charge in [0.25, 0.3) is 0 Å². The summed E-state index contributed by atoms with van der Waals surface area (Å²) >= 11 is 5.94. The van der Waals surface area contributed by atoms with Crippen molar-refractivity contribution in [2.45, 2.75) is 12.5 Å². The van der Waals surface area contributed by atoms with E-state index in [1.807, 2.05) is 24.3 Å². The van der Waals surface area contributed by atoms with Gasteiger partial charge in [0, 0.05) is 17.0 Å². The second-order valence-electron chi connectivity index (χ2n) is 5.41. The van der Waals surface area contributed by atoms with Gasteiger partial charge in [0.2, 0.25) is 0 Å². The molecule has 1 unspecified atom stereocenters. The average Bonchev–Trinajstić information content (AvgIpc) is 3.05. The molecule has 3 aromatic rings. The van der Waals surface area contributed by atoms with E-state index in [2.05, 4.69) is 47.6 Å². The van der Waals surface area contributed by atoms with Crippen molar-refractivity contribution in [1.29, 1.82) is 0 Å². The Hall–Kier alpha value is -2.32. The third-order valence-corrected chi connectivity index (χ3v) is 4.27. The van der Waals surface area contributed by atoms with Crippen molar-refractivity contribution in [3.05, 3.63) is 82.9 Å². The number of hydrogen-bond acceptors (Lipinski definition) is 2. The summed E-state index contributed by atoms with van der Waals surface area (Å²) in [6.07, 6.45) is 0.743. The fraction of sp³-hybridized carbons (Fsp3) is 0.105. The molecular weight excluding hydrogens is 294 g/mol. The number of fused-ring (bicyclic) bond motifs is 1. The van der Waals surface area contributed by atoms with Crippen LogP contribution in [0.2, 0.25) is 5.02 Å². The van der Waals surface area contributed by atoms with Gasteiger partial charge in [-0.2, -0.15) is 0 Å². The molecule has 3 aromatic carbocycles. The first-order chi connectivity index (χ1) is 10.8. The van der Waals surface area contributed by atoms with Crippen LogP contribution in [0.25, 0.3) is 10.8 Å². The molecule has 108 valence electrons. The van der Waals surface area contributed by atoms with Gasteiger partial charge in [0.15, 0.2) is 6.10 Å². The maximum absolute atomic E-state index is 5.94. The predicted molar refractivity (Wildman–Crippen MR) is 90.4 cm³/mol. The molecule has 1 atom stereocenters. The summed E-state index contributed by atoms with van der Waals surface area (Å²) in [5.74, 6) is 0. The Balaban J connectivity index is 1.65. The monoisotopic (exact) mass is 307 g/mol. The van der Waals surface area contributed by atoms with Gasteiger partial charge in [-0.25, -0.2) is 0 Å². The van der Waals surface area contributed by atoms with Gasteiger partial charge in [-0.3, -0.25) is 0 Å². The molecule has 3 heteroatoms. The minimum absolute atomic E-state index is 0.0308. The van der Waals surface area contributed by atoms with Crippen LogP contribution in [0.3, 0.4) is 0 Å². The molecule has 0 N–H and O–H groups in total. The Kier molecular flexibility index (Phi) is 3.32. The zero-order chi connectivity index (χ0) is 14.9. The Bertz CT molecular complexity index is 849. The quantitative estimate of drug-likeness (QED) is 0.624. The lowest BCUT2D eigenvalue weighted by atomic mass is 9.96. The molecule has 0 aromatic heterocycles. The van der Waals surface area contributed by atoms with E-state index in [-0.39, 0.29) is 6.10 Å². The predicted octanol–water partition coefficient (Wildman–Crippen LogP) is 5.36. The zero-order valence-corrected chi connectivity index (χ0v) is 12.6. The SMILES string of the molecule is Clc1ccc(C2=NOC(c3cccc4ccccc34)C2)cc1. The molecule has 2 nitrogen and oxygen atoms in total. The number of rotatable bonds is 2. The minimum atomic E-state index is -0.0308. The Morgan fingerprint density at radius 2 is 1.68 bits per heavy atom. The van der Waals surface area contributed by atoms with E-state index in [9.17, 15) is 0 Å². The molecular formula is C19H14ClNO. The molecule has 4 rings (SSSR count). The van der Waals surface area contributed by atoms with E-state index in [0.717, 1.165) is 22.7 Å². The van der Waals surface area contributed by atoms with Gasteiger partial charge in [-0.15, -0.1) is 0 Å². The molecule has 1 heterocycles. The Morgan fingerprint density at radius 3 is 2.55 bits per heavy atom. The van der Waals surface area contributed by atoms with Crippen LogP contribution in [-0.4, -0.2) is 5.71 Å². The largest absolute Gasteiger partial charge is 0.387 e. The van der Waals surface area contributed by atoms with Crippen molar-refractivity contribution in [3.63, 3.8) is 0 Å². The summed E-state index contributed by atoms with van der Waals surface area (Å²) in [6.45, 7) is 0. The summed E-state index contributed by atoms with van der Waals surface area (Å²) in [4.78, 5) is 5.70. The van der Waals surface area contributed by atoms with E-state index in [0.29, 0.717) is 0 Å². The standard InChI is InChI=1S/C19H14ClNO/c20-15-10-8-14(9-11-15)18-12-19(22-21-18)17-7-3-5-13-4-1-2-6-16(13)17/h1-11,19H,12H2. The van der Waals surface area contributed by atoms with E-state index in [1.165, 1.54) is 16.3 Å². The molecule has 0 fully saturated rings. The molecule has 0 amide bonds. The molecule has 0 aliphatic carbocycles. The minimum Gasteiger partial charge on any atom is -0.387 e. The third-order valence-electron chi connectivity index (χ3n) is 4.02. The molecule has 0 spiro atoms. The maximum atomic E-state index is 5.94. The van der Waals surface area contributed by atoms with Crippen LogP contribution in [0.5, 0.6) is 0 Å². The van der Waals surface area contributed by atoms with Crippen molar-refractivity contribution in [1.82, 2.24) is 0 Å². The van der Waals surface area contributed by atoms with Crippen LogP contribution in [0.1, 0.15) is 23.7 Å². The number of benzene rings is 3. The zero-order valence-electron chi connectivity index (χ0n) is 11.9. The van der Waals surface area contributed by atoms with Gasteiger partial charge in [-0.05, 0) is 28.5 Å². The Labute approximate surface area is 134 Å². The highest BCUT2D eigenvalue weighted by molar-refractivity contribution is 6.30. The average molecular weight is 308 g/mol. The topological polar surface area (TPSA) is 21.6 Å². The first-order valence-corrected chi connectivity index (χ1v) is 7.65. The number of hydrogen-bond donors (Lipinski definition) is 0. The number of oxime groups is 1. The van der Waals surface area contributed by atoms with Gasteiger partial charge in [0.05, 0.1) is 5.71 Å². The smallest absolute Gasteiger partial charge is 0.158 e. The summed E-state index contributed by atoms with van der Waals surface area (Å²) in [5.41, 5.74) is 3.22. The Morgan fingerprint density at radius 1 is 0.909 bits per heavy atom. The molecule has 0 saturated carbocycles. The molecule has 0 bridgehead atoms. The van der Waals surface area contributed by atoms with Gasteiger partial charge in [-0.1, -0.05) is 71.4 Å². The third kappa shape index (κ3) is 2.36. The summed E-state index contributed by atoms with van der Waals surface area (Å²) < 4.78 is 0. The summed E-state index contributed by atoms with van der Waals surface area (Å²) in [5, 5.41) is 7.45. The normalized spacial score (nSPS) is 17.3. The van der Waals surface area contributed by atoms with Crippen LogP contribution in [-0.2, 0) is 4.84 Å². The van der Waals surface area contributed by atoms with Gasteiger partial charge in [0.1, 0.15) is 0 Å². The molecule has 0 saturated heterocycles. The summed E-state index contributed by atoms with van der Waals surface area (Å²) in [6, 6.07) is 22.4. The second-order valence-corrected chi connectivity index (χ2v) is 5.85. The van der Waals surface area contributed by atoms with Crippen LogP contribution in [0.15, 0.2) is 71.9 Å². The van der Waals surface area contributed by atoms with Crippen molar-refractivity contribution < 1.29 is 4.84 Å². The highest BCUT2D eigenvalue weighted by Gasteiger charge is 2.25. The van der Waals surface area contributed by atoms with E-state index in [4.69, 9.17) is 16.4 Å². The van der Waals surface area contributed by atoms with Gasteiger partial charge < -0.3 is 4.84 Å². The number of nitrogens with zero attached hydrogens (tertiary/aromatic N) is 1.